The lowest BCUT2D eigenvalue weighted by Gasteiger charge is -2.38. The van der Waals surface area contributed by atoms with Gasteiger partial charge in [-0.3, -0.25) is 9.69 Å². The van der Waals surface area contributed by atoms with Crippen LogP contribution in [0.3, 0.4) is 0 Å². The lowest BCUT2D eigenvalue weighted by molar-refractivity contribution is -0.125. The second kappa shape index (κ2) is 8.90. The number of amides is 1. The third kappa shape index (κ3) is 4.20. The van der Waals surface area contributed by atoms with Crippen LogP contribution in [0, 0.1) is 0 Å². The Balaban J connectivity index is 0.00000261. The van der Waals surface area contributed by atoms with Crippen molar-refractivity contribution in [2.24, 2.45) is 0 Å². The van der Waals surface area contributed by atoms with Crippen molar-refractivity contribution in [2.45, 2.75) is 44.1 Å². The number of nitrogens with zero attached hydrogens (tertiary/aromatic N) is 1. The van der Waals surface area contributed by atoms with Crippen LogP contribution in [-0.4, -0.2) is 36.5 Å². The molecule has 3 nitrogen and oxygen atoms in total. The minimum Gasteiger partial charge on any atom is -0.358 e. The first-order valence-electron chi connectivity index (χ1n) is 9.59. The largest absolute Gasteiger partial charge is 0.358 e. The van der Waals surface area contributed by atoms with Crippen LogP contribution >= 0.6 is 12.4 Å². The molecule has 1 aliphatic rings. The molecule has 0 bridgehead atoms. The maximum atomic E-state index is 13.3. The molecule has 0 atom stereocenters. The molecular formula is C23H31ClN2O. The molecule has 146 valence electrons. The predicted molar refractivity (Wildman–Crippen MR) is 114 cm³/mol. The highest BCUT2D eigenvalue weighted by Crippen LogP contribution is 2.38. The Morgan fingerprint density at radius 3 is 1.96 bits per heavy atom. The third-order valence-corrected chi connectivity index (χ3v) is 5.98. The maximum Gasteiger partial charge on any atom is 0.234 e. The molecule has 1 aliphatic heterocycles. The van der Waals surface area contributed by atoms with Crippen LogP contribution in [-0.2, 0) is 10.2 Å². The highest BCUT2D eigenvalue weighted by Gasteiger charge is 2.43. The van der Waals surface area contributed by atoms with Gasteiger partial charge in [-0.1, -0.05) is 60.7 Å². The van der Waals surface area contributed by atoms with E-state index in [0.717, 1.165) is 30.6 Å². The molecule has 2 aromatic rings. The first-order chi connectivity index (χ1) is 12.5. The Hall–Kier alpha value is -1.84. The van der Waals surface area contributed by atoms with Gasteiger partial charge in [0, 0.05) is 19.1 Å². The van der Waals surface area contributed by atoms with E-state index in [2.05, 4.69) is 48.3 Å². The molecule has 0 aromatic heterocycles. The van der Waals surface area contributed by atoms with Crippen molar-refractivity contribution in [1.29, 1.82) is 0 Å². The smallest absolute Gasteiger partial charge is 0.234 e. The second-order valence-electron chi connectivity index (χ2n) is 7.87. The molecule has 1 heterocycles. The molecule has 3 rings (SSSR count). The van der Waals surface area contributed by atoms with E-state index in [1.165, 1.54) is 12.8 Å². The Morgan fingerprint density at radius 1 is 1.04 bits per heavy atom. The highest BCUT2D eigenvalue weighted by molar-refractivity contribution is 5.92. The molecule has 1 fully saturated rings. The number of likely N-dealkylation sites (N-methyl/N-ethyl adjacent to an activating group) is 1. The summed E-state index contributed by atoms with van der Waals surface area (Å²) < 4.78 is 0. The number of nitrogens with one attached hydrogen (secondary N) is 1. The summed E-state index contributed by atoms with van der Waals surface area (Å²) in [6.45, 7) is 6.64. The number of carbonyl (C=O) groups excluding carboxylic acids is 1. The van der Waals surface area contributed by atoms with Crippen molar-refractivity contribution in [1.82, 2.24) is 10.2 Å². The first kappa shape index (κ1) is 21.5. The molecule has 0 unspecified atom stereocenters. The molecular weight excluding hydrogens is 356 g/mol. The minimum atomic E-state index is -0.671. The maximum absolute atomic E-state index is 13.3. The standard InChI is InChI=1S/C23H30N2O.ClH/c1-22(2)15-10-17-25(22)18-16-23(21(26)24-3,19-11-6-4-7-12-19)20-13-8-5-9-14-20;/h4-9,11-14H,10,15-18H2,1-3H3,(H,24,26);1H. The fourth-order valence-corrected chi connectivity index (χ4v) is 4.37. The summed E-state index contributed by atoms with van der Waals surface area (Å²) in [4.78, 5) is 15.8. The van der Waals surface area contributed by atoms with E-state index in [1.807, 2.05) is 36.4 Å². The fourth-order valence-electron chi connectivity index (χ4n) is 4.37. The van der Waals surface area contributed by atoms with Crippen LogP contribution in [0.4, 0.5) is 0 Å². The lowest BCUT2D eigenvalue weighted by atomic mass is 9.71. The number of hydrogen-bond donors (Lipinski definition) is 1. The fraction of sp³-hybridized carbons (Fsp3) is 0.435. The van der Waals surface area contributed by atoms with Crippen molar-refractivity contribution in [3.8, 4) is 0 Å². The molecule has 1 amide bonds. The van der Waals surface area contributed by atoms with Gasteiger partial charge in [0.05, 0.1) is 0 Å². The van der Waals surface area contributed by atoms with Crippen molar-refractivity contribution >= 4 is 18.3 Å². The molecule has 1 N–H and O–H groups in total. The minimum absolute atomic E-state index is 0. The van der Waals surface area contributed by atoms with Crippen LogP contribution in [0.15, 0.2) is 60.7 Å². The van der Waals surface area contributed by atoms with Gasteiger partial charge in [-0.2, -0.15) is 0 Å². The van der Waals surface area contributed by atoms with Crippen molar-refractivity contribution < 1.29 is 4.79 Å². The average molecular weight is 387 g/mol. The topological polar surface area (TPSA) is 32.3 Å². The van der Waals surface area contributed by atoms with Crippen LogP contribution in [0.1, 0.15) is 44.2 Å². The normalized spacial score (nSPS) is 16.6. The zero-order valence-electron chi connectivity index (χ0n) is 16.6. The summed E-state index contributed by atoms with van der Waals surface area (Å²) in [5.41, 5.74) is 1.66. The molecule has 2 aromatic carbocycles. The number of rotatable bonds is 6. The van der Waals surface area contributed by atoms with E-state index in [0.29, 0.717) is 0 Å². The summed E-state index contributed by atoms with van der Waals surface area (Å²) in [6.07, 6.45) is 3.22. The Bertz CT molecular complexity index is 691. The zero-order valence-corrected chi connectivity index (χ0v) is 17.4. The van der Waals surface area contributed by atoms with Crippen molar-refractivity contribution in [3.05, 3.63) is 71.8 Å². The van der Waals surface area contributed by atoms with Crippen molar-refractivity contribution in [3.63, 3.8) is 0 Å². The van der Waals surface area contributed by atoms with Crippen LogP contribution in [0.2, 0.25) is 0 Å². The summed E-state index contributed by atoms with van der Waals surface area (Å²) >= 11 is 0. The van der Waals surface area contributed by atoms with E-state index in [9.17, 15) is 4.79 Å². The van der Waals surface area contributed by atoms with E-state index < -0.39 is 5.41 Å². The molecule has 1 saturated heterocycles. The third-order valence-electron chi connectivity index (χ3n) is 5.98. The monoisotopic (exact) mass is 386 g/mol. The van der Waals surface area contributed by atoms with Gasteiger partial charge in [-0.25, -0.2) is 0 Å². The van der Waals surface area contributed by atoms with Crippen LogP contribution < -0.4 is 5.32 Å². The molecule has 0 saturated carbocycles. The number of likely N-dealkylation sites (tertiary alicyclic amines) is 1. The predicted octanol–water partition coefficient (Wildman–Crippen LogP) is 4.41. The number of carbonyl (C=O) groups is 1. The summed E-state index contributed by atoms with van der Waals surface area (Å²) in [7, 11) is 1.74. The molecule has 0 radical (unpaired) electrons. The summed E-state index contributed by atoms with van der Waals surface area (Å²) in [5.74, 6) is 0.0619. The number of hydrogen-bond acceptors (Lipinski definition) is 2. The van der Waals surface area contributed by atoms with E-state index in [1.54, 1.807) is 7.05 Å². The number of halogens is 1. The second-order valence-corrected chi connectivity index (χ2v) is 7.87. The first-order valence-corrected chi connectivity index (χ1v) is 9.59. The summed E-state index contributed by atoms with van der Waals surface area (Å²) in [5, 5.41) is 2.94. The van der Waals surface area contributed by atoms with Gasteiger partial charge in [0.25, 0.3) is 0 Å². The SMILES string of the molecule is CNC(=O)C(CCN1CCCC1(C)C)(c1ccccc1)c1ccccc1.Cl. The molecule has 4 heteroatoms. The van der Waals surface area contributed by atoms with Gasteiger partial charge in [0.1, 0.15) is 5.41 Å². The zero-order chi connectivity index (χ0) is 18.6. The lowest BCUT2D eigenvalue weighted by Crippen LogP contribution is -2.48. The molecule has 0 aliphatic carbocycles. The van der Waals surface area contributed by atoms with Gasteiger partial charge in [0.15, 0.2) is 0 Å². The van der Waals surface area contributed by atoms with Gasteiger partial charge >= 0.3 is 0 Å². The van der Waals surface area contributed by atoms with E-state index in [4.69, 9.17) is 0 Å². The van der Waals surface area contributed by atoms with Crippen LogP contribution in [0.5, 0.6) is 0 Å². The Kier molecular flexibility index (Phi) is 7.07. The molecule has 0 spiro atoms. The van der Waals surface area contributed by atoms with E-state index in [-0.39, 0.29) is 23.9 Å². The summed E-state index contributed by atoms with van der Waals surface area (Å²) in [6, 6.07) is 20.4. The number of benzene rings is 2. The van der Waals surface area contributed by atoms with E-state index >= 15 is 0 Å². The Labute approximate surface area is 169 Å². The van der Waals surface area contributed by atoms with Gasteiger partial charge in [-0.05, 0) is 50.8 Å². The van der Waals surface area contributed by atoms with Gasteiger partial charge < -0.3 is 5.32 Å². The van der Waals surface area contributed by atoms with Crippen LogP contribution in [0.25, 0.3) is 0 Å². The van der Waals surface area contributed by atoms with Gasteiger partial charge in [-0.15, -0.1) is 12.4 Å². The quantitative estimate of drug-likeness (QED) is 0.797. The highest BCUT2D eigenvalue weighted by atomic mass is 35.5. The van der Waals surface area contributed by atoms with Gasteiger partial charge in [0.2, 0.25) is 5.91 Å². The molecule has 27 heavy (non-hydrogen) atoms. The van der Waals surface area contributed by atoms with Crippen molar-refractivity contribution in [2.75, 3.05) is 20.1 Å². The average Bonchev–Trinajstić information content (AvgIpc) is 3.02. The Morgan fingerprint density at radius 2 is 1.56 bits per heavy atom.